The molecule has 0 spiro atoms. The lowest BCUT2D eigenvalue weighted by atomic mass is 9.97. The number of nitrogens with one attached hydrogen (secondary N) is 1. The molecule has 0 radical (unpaired) electrons. The molecule has 7 heteroatoms. The molecule has 19 heavy (non-hydrogen) atoms. The zero-order chi connectivity index (χ0) is 13.8. The molecule has 104 valence electrons. The van der Waals surface area contributed by atoms with Gasteiger partial charge in [0.25, 0.3) is 0 Å². The standard InChI is InChI=1S/C12H16BrN3O2S/c13-10-4-8(7-19-10)5-15-11(17)9-2-1-3-16(6-9)12(14)18/h4,7,9H,1-3,5-6H2,(H2,14,18)(H,15,17)/t9-/m1/s1. The van der Waals surface area contributed by atoms with Gasteiger partial charge < -0.3 is 16.0 Å². The zero-order valence-electron chi connectivity index (χ0n) is 10.4. The van der Waals surface area contributed by atoms with Gasteiger partial charge in [0.05, 0.1) is 9.70 Å². The van der Waals surface area contributed by atoms with E-state index in [2.05, 4.69) is 21.2 Å². The highest BCUT2D eigenvalue weighted by molar-refractivity contribution is 9.11. The van der Waals surface area contributed by atoms with Crippen LogP contribution < -0.4 is 11.1 Å². The van der Waals surface area contributed by atoms with Gasteiger partial charge in [0, 0.05) is 19.6 Å². The Bertz CT molecular complexity index is 477. The van der Waals surface area contributed by atoms with Gasteiger partial charge in [0.15, 0.2) is 0 Å². The third-order valence-corrected chi connectivity index (χ3v) is 4.75. The van der Waals surface area contributed by atoms with E-state index in [1.165, 1.54) is 4.90 Å². The van der Waals surface area contributed by atoms with Crippen LogP contribution in [0.3, 0.4) is 0 Å². The van der Waals surface area contributed by atoms with E-state index in [1.807, 2.05) is 11.4 Å². The highest BCUT2D eigenvalue weighted by atomic mass is 79.9. The van der Waals surface area contributed by atoms with E-state index >= 15 is 0 Å². The molecule has 1 fully saturated rings. The number of rotatable bonds is 3. The predicted octanol–water partition coefficient (Wildman–Crippen LogP) is 1.92. The molecule has 0 bridgehead atoms. The molecular formula is C12H16BrN3O2S. The number of urea groups is 1. The Hall–Kier alpha value is -1.08. The van der Waals surface area contributed by atoms with Crippen LogP contribution in [0.25, 0.3) is 0 Å². The van der Waals surface area contributed by atoms with Crippen molar-refractivity contribution in [2.75, 3.05) is 13.1 Å². The summed E-state index contributed by atoms with van der Waals surface area (Å²) in [5.41, 5.74) is 6.33. The number of nitrogens with zero attached hydrogens (tertiary/aromatic N) is 1. The monoisotopic (exact) mass is 345 g/mol. The number of piperidine rings is 1. The molecule has 0 aromatic carbocycles. The number of nitrogens with two attached hydrogens (primary N) is 1. The summed E-state index contributed by atoms with van der Waals surface area (Å²) in [7, 11) is 0. The summed E-state index contributed by atoms with van der Waals surface area (Å²) in [6.45, 7) is 1.60. The number of carbonyl (C=O) groups excluding carboxylic acids is 2. The zero-order valence-corrected chi connectivity index (χ0v) is 12.8. The number of thiophene rings is 1. The Morgan fingerprint density at radius 1 is 1.58 bits per heavy atom. The minimum Gasteiger partial charge on any atom is -0.352 e. The lowest BCUT2D eigenvalue weighted by molar-refractivity contribution is -0.126. The van der Waals surface area contributed by atoms with Crippen molar-refractivity contribution in [3.63, 3.8) is 0 Å². The molecule has 2 rings (SSSR count). The summed E-state index contributed by atoms with van der Waals surface area (Å²) in [5, 5.41) is 4.91. The van der Waals surface area contributed by atoms with Gasteiger partial charge in [0.2, 0.25) is 5.91 Å². The minimum absolute atomic E-state index is 0.00623. The Labute approximate surface area is 124 Å². The molecule has 5 nitrogen and oxygen atoms in total. The van der Waals surface area contributed by atoms with Gasteiger partial charge in [-0.1, -0.05) is 0 Å². The highest BCUT2D eigenvalue weighted by Crippen LogP contribution is 2.21. The topological polar surface area (TPSA) is 75.4 Å². The quantitative estimate of drug-likeness (QED) is 0.877. The highest BCUT2D eigenvalue weighted by Gasteiger charge is 2.27. The fraction of sp³-hybridized carbons (Fsp3) is 0.500. The van der Waals surface area contributed by atoms with Gasteiger partial charge >= 0.3 is 6.03 Å². The van der Waals surface area contributed by atoms with E-state index in [0.29, 0.717) is 19.6 Å². The number of halogens is 1. The molecule has 3 amide bonds. The summed E-state index contributed by atoms with van der Waals surface area (Å²) in [4.78, 5) is 24.7. The molecule has 1 aliphatic heterocycles. The van der Waals surface area contributed by atoms with Crippen LogP contribution in [0, 0.1) is 5.92 Å². The minimum atomic E-state index is -0.445. The van der Waals surface area contributed by atoms with Gasteiger partial charge in [-0.25, -0.2) is 4.79 Å². The molecule has 1 saturated heterocycles. The van der Waals surface area contributed by atoms with Crippen LogP contribution in [0.4, 0.5) is 4.79 Å². The van der Waals surface area contributed by atoms with Crippen LogP contribution in [0.1, 0.15) is 18.4 Å². The van der Waals surface area contributed by atoms with E-state index in [1.54, 1.807) is 11.3 Å². The molecule has 0 unspecified atom stereocenters. The fourth-order valence-electron chi connectivity index (χ4n) is 2.16. The van der Waals surface area contributed by atoms with E-state index in [4.69, 9.17) is 5.73 Å². The number of primary amides is 1. The van der Waals surface area contributed by atoms with Gasteiger partial charge in [-0.2, -0.15) is 0 Å². The average molecular weight is 346 g/mol. The van der Waals surface area contributed by atoms with Crippen LogP contribution in [0.5, 0.6) is 0 Å². The Morgan fingerprint density at radius 3 is 3.00 bits per heavy atom. The van der Waals surface area contributed by atoms with Crippen molar-refractivity contribution in [3.05, 3.63) is 20.8 Å². The molecule has 1 atom stereocenters. The molecule has 1 aromatic heterocycles. The predicted molar refractivity (Wildman–Crippen MR) is 77.7 cm³/mol. The van der Waals surface area contributed by atoms with Gasteiger partial charge in [-0.15, -0.1) is 11.3 Å². The number of likely N-dealkylation sites (tertiary alicyclic amines) is 1. The lowest BCUT2D eigenvalue weighted by Gasteiger charge is -2.30. The normalized spacial score (nSPS) is 19.2. The second-order valence-corrected chi connectivity index (χ2v) is 6.89. The summed E-state index contributed by atoms with van der Waals surface area (Å²) >= 11 is 4.98. The largest absolute Gasteiger partial charge is 0.352 e. The smallest absolute Gasteiger partial charge is 0.314 e. The summed E-state index contributed by atoms with van der Waals surface area (Å²) in [5.74, 6) is -0.156. The third-order valence-electron chi connectivity index (χ3n) is 3.19. The summed E-state index contributed by atoms with van der Waals surface area (Å²) in [6.07, 6.45) is 1.63. The van der Waals surface area contributed by atoms with Crippen LogP contribution in [0.2, 0.25) is 0 Å². The number of hydrogen-bond acceptors (Lipinski definition) is 3. The van der Waals surface area contributed by atoms with Crippen molar-refractivity contribution >= 4 is 39.2 Å². The SMILES string of the molecule is NC(=O)N1CCC[C@@H](C(=O)NCc2csc(Br)c2)C1. The number of amides is 3. The van der Waals surface area contributed by atoms with Gasteiger partial charge in [-0.05, 0) is 45.8 Å². The maximum atomic E-state index is 12.0. The molecular weight excluding hydrogens is 330 g/mol. The second-order valence-electron chi connectivity index (χ2n) is 4.60. The molecule has 3 N–H and O–H groups in total. The Balaban J connectivity index is 1.84. The van der Waals surface area contributed by atoms with Crippen LogP contribution >= 0.6 is 27.3 Å². The molecule has 0 saturated carbocycles. The van der Waals surface area contributed by atoms with E-state index < -0.39 is 6.03 Å². The first-order valence-corrected chi connectivity index (χ1v) is 7.78. The lowest BCUT2D eigenvalue weighted by Crippen LogP contribution is -2.47. The van der Waals surface area contributed by atoms with E-state index in [9.17, 15) is 9.59 Å². The molecule has 1 aromatic rings. The first-order chi connectivity index (χ1) is 9.06. The number of carbonyl (C=O) groups is 2. The van der Waals surface area contributed by atoms with Crippen molar-refractivity contribution in [3.8, 4) is 0 Å². The molecule has 2 heterocycles. The van der Waals surface area contributed by atoms with Gasteiger partial charge in [0.1, 0.15) is 0 Å². The maximum Gasteiger partial charge on any atom is 0.314 e. The van der Waals surface area contributed by atoms with E-state index in [0.717, 1.165) is 22.2 Å². The first kappa shape index (κ1) is 14.3. The van der Waals surface area contributed by atoms with Crippen molar-refractivity contribution < 1.29 is 9.59 Å². The van der Waals surface area contributed by atoms with E-state index in [-0.39, 0.29) is 11.8 Å². The van der Waals surface area contributed by atoms with Crippen molar-refractivity contribution in [1.29, 1.82) is 0 Å². The maximum absolute atomic E-state index is 12.0. The Kier molecular flexibility index (Phi) is 4.81. The van der Waals surface area contributed by atoms with Crippen molar-refractivity contribution in [1.82, 2.24) is 10.2 Å². The average Bonchev–Trinajstić information content (AvgIpc) is 2.82. The van der Waals surface area contributed by atoms with Gasteiger partial charge in [-0.3, -0.25) is 4.79 Å². The third kappa shape index (κ3) is 3.94. The fourth-order valence-corrected chi connectivity index (χ4v) is 3.37. The summed E-state index contributed by atoms with van der Waals surface area (Å²) < 4.78 is 1.05. The van der Waals surface area contributed by atoms with Crippen LogP contribution in [-0.4, -0.2) is 29.9 Å². The molecule has 1 aliphatic rings. The van der Waals surface area contributed by atoms with Crippen molar-refractivity contribution in [2.45, 2.75) is 19.4 Å². The first-order valence-electron chi connectivity index (χ1n) is 6.11. The number of hydrogen-bond donors (Lipinski definition) is 2. The summed E-state index contributed by atoms with van der Waals surface area (Å²) in [6, 6.07) is 1.54. The van der Waals surface area contributed by atoms with Crippen LogP contribution in [0.15, 0.2) is 15.2 Å². The Morgan fingerprint density at radius 2 is 2.37 bits per heavy atom. The molecule has 0 aliphatic carbocycles. The van der Waals surface area contributed by atoms with Crippen molar-refractivity contribution in [2.24, 2.45) is 11.7 Å². The van der Waals surface area contributed by atoms with Crippen LogP contribution in [-0.2, 0) is 11.3 Å². The second kappa shape index (κ2) is 6.38.